The van der Waals surface area contributed by atoms with Crippen molar-refractivity contribution in [3.8, 4) is 0 Å². The highest BCUT2D eigenvalue weighted by Gasteiger charge is 2.30. The van der Waals surface area contributed by atoms with Gasteiger partial charge in [-0.2, -0.15) is 0 Å². The molecule has 578 valence electrons. The maximum Gasteiger partial charge on any atom is 0.472 e. The average molecular weight is 1430 g/mol. The van der Waals surface area contributed by atoms with Crippen LogP contribution in [0.4, 0.5) is 0 Å². The van der Waals surface area contributed by atoms with Crippen LogP contribution in [0.2, 0.25) is 0 Å². The van der Waals surface area contributed by atoms with Gasteiger partial charge in [0.1, 0.15) is 19.3 Å². The third kappa shape index (κ3) is 71.9. The quantitative estimate of drug-likeness (QED) is 0.0169. The Hall–Kier alpha value is -2.46. The Labute approximate surface area is 599 Å². The highest BCUT2D eigenvalue weighted by atomic mass is 31.2. The van der Waals surface area contributed by atoms with E-state index in [0.717, 1.165) is 115 Å². The van der Waals surface area contributed by atoms with E-state index in [2.05, 4.69) is 58.9 Å². The van der Waals surface area contributed by atoms with Crippen LogP contribution in [0.1, 0.15) is 394 Å². The van der Waals surface area contributed by atoms with Crippen molar-refractivity contribution >= 4 is 39.5 Å². The molecule has 0 amide bonds. The molecule has 0 radical (unpaired) electrons. The van der Waals surface area contributed by atoms with Gasteiger partial charge in [0.25, 0.3) is 0 Å². The molecule has 98 heavy (non-hydrogen) atoms. The monoisotopic (exact) mass is 1430 g/mol. The number of phosphoric acid groups is 2. The first-order valence-electron chi connectivity index (χ1n) is 40.5. The molecule has 0 aromatic rings. The van der Waals surface area contributed by atoms with Crippen molar-refractivity contribution in [3.05, 3.63) is 24.3 Å². The average Bonchev–Trinajstić information content (AvgIpc) is 1.58. The molecule has 3 N–H and O–H groups in total. The topological polar surface area (TPSA) is 237 Å². The number of carbonyl (C=O) groups excluding carboxylic acids is 4. The molecular formula is C79H150O17P2. The van der Waals surface area contributed by atoms with Crippen LogP contribution in [0.5, 0.6) is 0 Å². The van der Waals surface area contributed by atoms with Crippen LogP contribution in [-0.2, 0) is 65.4 Å². The molecule has 0 aliphatic heterocycles. The van der Waals surface area contributed by atoms with Gasteiger partial charge in [-0.3, -0.25) is 37.3 Å². The lowest BCUT2D eigenvalue weighted by Gasteiger charge is -2.21. The Bertz CT molecular complexity index is 1970. The van der Waals surface area contributed by atoms with Crippen LogP contribution in [0.3, 0.4) is 0 Å². The number of hydrogen-bond acceptors (Lipinski definition) is 15. The van der Waals surface area contributed by atoms with Crippen LogP contribution in [0.15, 0.2) is 24.3 Å². The molecule has 0 heterocycles. The SMILES string of the molecule is CCCCCC/C=C\C=C/CCCCCCCC(=O)OC[C@H](COP(=O)(O)OC[C@@H](O)COP(=O)(O)OC[C@@H](COC(=O)CCCCCCCCCCCC)OC(=O)CCCCCCCCCCCC(C)C)OC(=O)CCCCCCCCCCCCCCCCCCCCCCC. The van der Waals surface area contributed by atoms with Gasteiger partial charge in [-0.25, -0.2) is 9.13 Å². The summed E-state index contributed by atoms with van der Waals surface area (Å²) in [5.41, 5.74) is 0. The first-order valence-corrected chi connectivity index (χ1v) is 43.4. The number of unbranched alkanes of at least 4 members (excludes halogenated alkanes) is 46. The summed E-state index contributed by atoms with van der Waals surface area (Å²) < 4.78 is 68.5. The van der Waals surface area contributed by atoms with Crippen molar-refractivity contribution in [2.24, 2.45) is 5.92 Å². The molecule has 0 aromatic heterocycles. The molecule has 0 spiro atoms. The standard InChI is InChI=1S/C79H150O17P2/c1-6-9-12-15-18-21-24-26-28-29-30-31-32-33-35-37-39-44-49-54-59-64-78(83)95-74(69-90-77(82)63-58-53-48-43-38-36-34-27-25-22-19-16-13-10-7-2)70-93-97(85,86)91-66-73(80)67-92-98(87,88)94-71-75(68-89-76(81)62-57-52-47-42-23-20-17-14-11-8-3)96-79(84)65-60-55-50-45-40-41-46-51-56-61-72(4)5/h22,25,27,34,72-75,80H,6-21,23-24,26,28-33,35-71H2,1-5H3,(H,85,86)(H,87,88)/b25-22-,34-27-/t73-,74-,75-/m1/s1. The molecule has 5 atom stereocenters. The number of allylic oxidation sites excluding steroid dienone is 4. The number of carbonyl (C=O) groups is 4. The zero-order valence-electron chi connectivity index (χ0n) is 63.4. The Morgan fingerprint density at radius 1 is 0.316 bits per heavy atom. The lowest BCUT2D eigenvalue weighted by atomic mass is 10.0. The minimum atomic E-state index is -4.97. The summed E-state index contributed by atoms with van der Waals surface area (Å²) in [5, 5.41) is 10.6. The number of rotatable bonds is 77. The maximum atomic E-state index is 13.1. The van der Waals surface area contributed by atoms with Gasteiger partial charge in [0.05, 0.1) is 26.4 Å². The fourth-order valence-corrected chi connectivity index (χ4v) is 13.3. The van der Waals surface area contributed by atoms with Crippen LogP contribution >= 0.6 is 15.6 Å². The first-order chi connectivity index (χ1) is 47.5. The molecule has 0 fully saturated rings. The number of aliphatic hydroxyl groups excluding tert-OH is 1. The molecule has 2 unspecified atom stereocenters. The van der Waals surface area contributed by atoms with E-state index < -0.39 is 97.5 Å². The maximum absolute atomic E-state index is 13.1. The summed E-state index contributed by atoms with van der Waals surface area (Å²) in [6.45, 7) is 7.21. The zero-order chi connectivity index (χ0) is 71.9. The molecule has 0 aromatic carbocycles. The second-order valence-electron chi connectivity index (χ2n) is 28.2. The number of hydrogen-bond donors (Lipinski definition) is 3. The van der Waals surface area contributed by atoms with Gasteiger partial charge >= 0.3 is 39.5 Å². The molecule has 0 saturated heterocycles. The summed E-state index contributed by atoms with van der Waals surface area (Å²) in [6.07, 6.45) is 64.7. The largest absolute Gasteiger partial charge is 0.472 e. The van der Waals surface area contributed by atoms with E-state index in [1.807, 2.05) is 0 Å². The van der Waals surface area contributed by atoms with E-state index in [-0.39, 0.29) is 25.7 Å². The Balaban J connectivity index is 5.24. The van der Waals surface area contributed by atoms with Crippen LogP contribution in [0, 0.1) is 5.92 Å². The Kier molecular flexibility index (Phi) is 69.7. The molecular weight excluding hydrogens is 1280 g/mol. The lowest BCUT2D eigenvalue weighted by Crippen LogP contribution is -2.30. The Morgan fingerprint density at radius 2 is 0.551 bits per heavy atom. The predicted molar refractivity (Wildman–Crippen MR) is 400 cm³/mol. The van der Waals surface area contributed by atoms with E-state index in [1.54, 1.807) is 0 Å². The van der Waals surface area contributed by atoms with Crippen molar-refractivity contribution in [2.75, 3.05) is 39.6 Å². The lowest BCUT2D eigenvalue weighted by molar-refractivity contribution is -0.161. The van der Waals surface area contributed by atoms with Crippen molar-refractivity contribution in [3.63, 3.8) is 0 Å². The molecule has 0 aliphatic carbocycles. The van der Waals surface area contributed by atoms with Crippen molar-refractivity contribution in [1.82, 2.24) is 0 Å². The van der Waals surface area contributed by atoms with E-state index >= 15 is 0 Å². The van der Waals surface area contributed by atoms with Crippen molar-refractivity contribution < 1.29 is 80.2 Å². The van der Waals surface area contributed by atoms with Gasteiger partial charge in [0, 0.05) is 25.7 Å². The van der Waals surface area contributed by atoms with E-state index in [4.69, 9.17) is 37.0 Å². The van der Waals surface area contributed by atoms with E-state index in [1.165, 1.54) is 199 Å². The number of esters is 4. The number of phosphoric ester groups is 2. The molecule has 0 aliphatic rings. The van der Waals surface area contributed by atoms with E-state index in [9.17, 15) is 43.2 Å². The Morgan fingerprint density at radius 3 is 0.837 bits per heavy atom. The first kappa shape index (κ1) is 95.5. The van der Waals surface area contributed by atoms with E-state index in [0.29, 0.717) is 25.7 Å². The third-order valence-electron chi connectivity index (χ3n) is 17.9. The summed E-state index contributed by atoms with van der Waals surface area (Å²) in [5.74, 6) is -1.41. The number of aliphatic hydroxyl groups is 1. The van der Waals surface area contributed by atoms with Crippen molar-refractivity contribution in [2.45, 2.75) is 412 Å². The van der Waals surface area contributed by atoms with Gasteiger partial charge < -0.3 is 33.8 Å². The zero-order valence-corrected chi connectivity index (χ0v) is 65.2. The summed E-state index contributed by atoms with van der Waals surface area (Å²) in [4.78, 5) is 72.8. The van der Waals surface area contributed by atoms with Crippen LogP contribution in [0.25, 0.3) is 0 Å². The summed E-state index contributed by atoms with van der Waals surface area (Å²) in [6, 6.07) is 0. The summed E-state index contributed by atoms with van der Waals surface area (Å²) in [7, 11) is -9.92. The van der Waals surface area contributed by atoms with Crippen LogP contribution < -0.4 is 0 Å². The van der Waals surface area contributed by atoms with Gasteiger partial charge in [0.2, 0.25) is 0 Å². The summed E-state index contributed by atoms with van der Waals surface area (Å²) >= 11 is 0. The van der Waals surface area contributed by atoms with Gasteiger partial charge in [-0.05, 0) is 57.3 Å². The number of ether oxygens (including phenoxy) is 4. The van der Waals surface area contributed by atoms with Gasteiger partial charge in [0.15, 0.2) is 12.2 Å². The fourth-order valence-electron chi connectivity index (χ4n) is 11.7. The molecule has 0 saturated carbocycles. The minimum absolute atomic E-state index is 0.102. The third-order valence-corrected chi connectivity index (χ3v) is 19.8. The highest BCUT2D eigenvalue weighted by molar-refractivity contribution is 7.47. The minimum Gasteiger partial charge on any atom is -0.462 e. The second kappa shape index (κ2) is 71.5. The molecule has 0 bridgehead atoms. The molecule has 0 rings (SSSR count). The van der Waals surface area contributed by atoms with Gasteiger partial charge in [-0.1, -0.05) is 341 Å². The highest BCUT2D eigenvalue weighted by Crippen LogP contribution is 2.45. The molecule has 17 nitrogen and oxygen atoms in total. The van der Waals surface area contributed by atoms with Gasteiger partial charge in [-0.15, -0.1) is 0 Å². The van der Waals surface area contributed by atoms with Crippen molar-refractivity contribution in [1.29, 1.82) is 0 Å². The normalized spacial score (nSPS) is 14.1. The second-order valence-corrected chi connectivity index (χ2v) is 31.2. The fraction of sp³-hybridized carbons (Fsp3) is 0.899. The molecule has 19 heteroatoms. The van der Waals surface area contributed by atoms with Crippen LogP contribution in [-0.4, -0.2) is 96.7 Å². The predicted octanol–water partition coefficient (Wildman–Crippen LogP) is 23.2. The smallest absolute Gasteiger partial charge is 0.462 e.